The molecule has 0 N–H and O–H groups in total. The summed E-state index contributed by atoms with van der Waals surface area (Å²) in [6.45, 7) is 8.51. The molecule has 0 heterocycles. The van der Waals surface area contributed by atoms with E-state index in [9.17, 15) is 0 Å². The molecule has 0 aliphatic rings. The third kappa shape index (κ3) is 2.14. The molecule has 0 aromatic heterocycles. The lowest BCUT2D eigenvalue weighted by molar-refractivity contribution is 0.633. The fourth-order valence-corrected chi connectivity index (χ4v) is 2.84. The van der Waals surface area contributed by atoms with Crippen molar-refractivity contribution in [1.29, 1.82) is 0 Å². The number of nitrogens with zero attached hydrogens (tertiary/aromatic N) is 1. The molecule has 76 valence electrons. The van der Waals surface area contributed by atoms with E-state index >= 15 is 0 Å². The molecule has 0 atom stereocenters. The van der Waals surface area contributed by atoms with Crippen LogP contribution in [0.5, 0.6) is 0 Å². The Hall–Kier alpha value is -0.863. The van der Waals surface area contributed by atoms with Gasteiger partial charge >= 0.3 is 0 Å². The highest BCUT2D eigenvalue weighted by Crippen LogP contribution is 2.08. The van der Waals surface area contributed by atoms with Gasteiger partial charge < -0.3 is 4.57 Å². The molecule has 2 heteroatoms. The van der Waals surface area contributed by atoms with Crippen molar-refractivity contribution in [3.63, 3.8) is 0 Å². The summed E-state index contributed by atoms with van der Waals surface area (Å²) in [7, 11) is 2.90. The Kier molecular flexibility index (Phi) is 3.29. The van der Waals surface area contributed by atoms with Gasteiger partial charge in [0.25, 0.3) is 0 Å². The summed E-state index contributed by atoms with van der Waals surface area (Å²) in [6.07, 6.45) is 1.91. The van der Waals surface area contributed by atoms with Gasteiger partial charge in [-0.05, 0) is 24.8 Å². The molecule has 14 heavy (non-hydrogen) atoms. The smallest absolute Gasteiger partial charge is 0.153 e. The van der Waals surface area contributed by atoms with Crippen LogP contribution >= 0.6 is 0 Å². The van der Waals surface area contributed by atoms with E-state index in [2.05, 4.69) is 62.6 Å². The quantitative estimate of drug-likeness (QED) is 0.685. The van der Waals surface area contributed by atoms with Gasteiger partial charge in [-0.3, -0.25) is 0 Å². The van der Waals surface area contributed by atoms with E-state index in [0.29, 0.717) is 0 Å². The van der Waals surface area contributed by atoms with Gasteiger partial charge in [0.2, 0.25) is 0 Å². The molecule has 0 radical (unpaired) electrons. The van der Waals surface area contributed by atoms with Crippen LogP contribution in [0.1, 0.15) is 5.56 Å². The Morgan fingerprint density at radius 3 is 2.43 bits per heavy atom. The molecule has 1 rings (SSSR count). The van der Waals surface area contributed by atoms with E-state index in [-0.39, 0.29) is 0 Å². The maximum absolute atomic E-state index is 3.80. The Morgan fingerprint density at radius 2 is 1.93 bits per heavy atom. The standard InChI is InChI=1S/C12H19NSi/c1-6-11-8-7-9-12(10-11)14(4,5)13(2)3/h6-10H,1H2,2-5H3. The van der Waals surface area contributed by atoms with Crippen molar-refractivity contribution >= 4 is 19.5 Å². The zero-order valence-corrected chi connectivity index (χ0v) is 10.5. The van der Waals surface area contributed by atoms with Crippen LogP contribution in [-0.4, -0.2) is 26.9 Å². The molecule has 1 nitrogen and oxygen atoms in total. The molecule has 0 spiro atoms. The highest BCUT2D eigenvalue weighted by molar-refractivity contribution is 6.87. The fourth-order valence-electron chi connectivity index (χ4n) is 1.30. The van der Waals surface area contributed by atoms with Crippen LogP contribution in [0, 0.1) is 0 Å². The molecule has 0 unspecified atom stereocenters. The van der Waals surface area contributed by atoms with Gasteiger partial charge in [0.1, 0.15) is 0 Å². The first kappa shape index (κ1) is 11.2. The van der Waals surface area contributed by atoms with E-state index in [0.717, 1.165) is 0 Å². The second-order valence-electron chi connectivity index (χ2n) is 4.28. The van der Waals surface area contributed by atoms with Crippen molar-refractivity contribution in [2.45, 2.75) is 13.1 Å². The van der Waals surface area contributed by atoms with Gasteiger partial charge in [0.05, 0.1) is 0 Å². The van der Waals surface area contributed by atoms with Crippen molar-refractivity contribution in [1.82, 2.24) is 4.57 Å². The summed E-state index contributed by atoms with van der Waals surface area (Å²) in [5, 5.41) is 1.46. The SMILES string of the molecule is C=Cc1cccc([Si](C)(C)N(C)C)c1. The lowest BCUT2D eigenvalue weighted by Crippen LogP contribution is -2.54. The zero-order chi connectivity index (χ0) is 10.8. The first-order chi connectivity index (χ1) is 6.48. The molecule has 0 bridgehead atoms. The number of rotatable bonds is 3. The number of hydrogen-bond donors (Lipinski definition) is 0. The summed E-state index contributed by atoms with van der Waals surface area (Å²) < 4.78 is 2.36. The van der Waals surface area contributed by atoms with E-state index in [4.69, 9.17) is 0 Å². The molecular formula is C12H19NSi. The molecule has 0 saturated carbocycles. The Labute approximate surface area is 88.2 Å². The molecule has 0 aliphatic carbocycles. The van der Waals surface area contributed by atoms with Crippen molar-refractivity contribution in [2.75, 3.05) is 14.1 Å². The van der Waals surface area contributed by atoms with Crippen LogP contribution in [-0.2, 0) is 0 Å². The molecule has 0 fully saturated rings. The van der Waals surface area contributed by atoms with E-state index in [1.165, 1.54) is 10.8 Å². The third-order valence-corrected chi connectivity index (χ3v) is 6.91. The van der Waals surface area contributed by atoms with Crippen LogP contribution in [0.4, 0.5) is 0 Å². The van der Waals surface area contributed by atoms with Crippen molar-refractivity contribution in [3.8, 4) is 0 Å². The second-order valence-corrected chi connectivity index (χ2v) is 8.87. The van der Waals surface area contributed by atoms with Crippen molar-refractivity contribution in [3.05, 3.63) is 36.4 Å². The highest BCUT2D eigenvalue weighted by atomic mass is 28.3. The maximum Gasteiger partial charge on any atom is 0.153 e. The first-order valence-electron chi connectivity index (χ1n) is 4.89. The minimum atomic E-state index is -1.42. The van der Waals surface area contributed by atoms with Gasteiger partial charge in [-0.25, -0.2) is 0 Å². The van der Waals surface area contributed by atoms with Crippen LogP contribution in [0.2, 0.25) is 13.1 Å². The van der Waals surface area contributed by atoms with Gasteiger partial charge in [-0.2, -0.15) is 0 Å². The summed E-state index contributed by atoms with van der Waals surface area (Å²) in [6, 6.07) is 8.68. The summed E-state index contributed by atoms with van der Waals surface area (Å²) in [5.74, 6) is 0. The Balaban J connectivity index is 3.12. The maximum atomic E-state index is 3.80. The summed E-state index contributed by atoms with van der Waals surface area (Å²) >= 11 is 0. The van der Waals surface area contributed by atoms with Crippen molar-refractivity contribution < 1.29 is 0 Å². The van der Waals surface area contributed by atoms with Gasteiger partial charge in [-0.1, -0.05) is 50.0 Å². The number of benzene rings is 1. The predicted molar refractivity (Wildman–Crippen MR) is 67.3 cm³/mol. The van der Waals surface area contributed by atoms with E-state index in [1.807, 2.05) is 6.08 Å². The summed E-state index contributed by atoms with van der Waals surface area (Å²) in [4.78, 5) is 0. The van der Waals surface area contributed by atoms with E-state index < -0.39 is 8.24 Å². The molecular weight excluding hydrogens is 186 g/mol. The molecule has 0 aliphatic heterocycles. The van der Waals surface area contributed by atoms with Gasteiger partial charge in [-0.15, -0.1) is 0 Å². The largest absolute Gasteiger partial charge is 0.326 e. The predicted octanol–water partition coefficient (Wildman–Crippen LogP) is 2.30. The lowest BCUT2D eigenvalue weighted by atomic mass is 10.2. The minimum absolute atomic E-state index is 1.21. The molecule has 1 aromatic rings. The average molecular weight is 205 g/mol. The summed E-state index contributed by atoms with van der Waals surface area (Å²) in [5.41, 5.74) is 1.21. The molecule has 0 amide bonds. The third-order valence-electron chi connectivity index (χ3n) is 2.95. The Morgan fingerprint density at radius 1 is 1.29 bits per heavy atom. The topological polar surface area (TPSA) is 3.24 Å². The van der Waals surface area contributed by atoms with Crippen LogP contribution < -0.4 is 5.19 Å². The van der Waals surface area contributed by atoms with Crippen LogP contribution in [0.25, 0.3) is 6.08 Å². The average Bonchev–Trinajstić information content (AvgIpc) is 2.17. The normalized spacial score (nSPS) is 11.8. The zero-order valence-electron chi connectivity index (χ0n) is 9.54. The highest BCUT2D eigenvalue weighted by Gasteiger charge is 2.26. The monoisotopic (exact) mass is 205 g/mol. The minimum Gasteiger partial charge on any atom is -0.326 e. The Bertz CT molecular complexity index is 329. The lowest BCUT2D eigenvalue weighted by Gasteiger charge is -2.30. The van der Waals surface area contributed by atoms with E-state index in [1.54, 1.807) is 0 Å². The molecule has 0 saturated heterocycles. The first-order valence-corrected chi connectivity index (χ1v) is 7.83. The van der Waals surface area contributed by atoms with Gasteiger partial charge in [0.15, 0.2) is 8.24 Å². The van der Waals surface area contributed by atoms with Gasteiger partial charge in [0, 0.05) is 0 Å². The second kappa shape index (κ2) is 4.11. The van der Waals surface area contributed by atoms with Crippen molar-refractivity contribution in [2.24, 2.45) is 0 Å². The fraction of sp³-hybridized carbons (Fsp3) is 0.333. The van der Waals surface area contributed by atoms with Crippen LogP contribution in [0.3, 0.4) is 0 Å². The molecule has 1 aromatic carbocycles. The number of hydrogen-bond acceptors (Lipinski definition) is 1. The van der Waals surface area contributed by atoms with Crippen LogP contribution in [0.15, 0.2) is 30.8 Å².